The molecule has 1 amide bonds. The topological polar surface area (TPSA) is 83.7 Å². The van der Waals surface area contributed by atoms with E-state index in [2.05, 4.69) is 4.98 Å². The van der Waals surface area contributed by atoms with Crippen molar-refractivity contribution in [2.45, 2.75) is 24.4 Å². The average Bonchev–Trinajstić information content (AvgIpc) is 3.52. The van der Waals surface area contributed by atoms with E-state index >= 15 is 0 Å². The summed E-state index contributed by atoms with van der Waals surface area (Å²) >= 11 is 12.3. The highest BCUT2D eigenvalue weighted by Gasteiger charge is 2.58. The summed E-state index contributed by atoms with van der Waals surface area (Å²) in [7, 11) is 3.95. The summed E-state index contributed by atoms with van der Waals surface area (Å²) in [6, 6.07) is 17.9. The van der Waals surface area contributed by atoms with Gasteiger partial charge in [-0.25, -0.2) is 14.3 Å². The minimum atomic E-state index is -1.43. The van der Waals surface area contributed by atoms with Crippen molar-refractivity contribution >= 4 is 29.1 Å². The van der Waals surface area contributed by atoms with Crippen LogP contribution in [0.25, 0.3) is 11.1 Å². The summed E-state index contributed by atoms with van der Waals surface area (Å²) in [6.07, 6.45) is 3.43. The lowest BCUT2D eigenvalue weighted by Crippen LogP contribution is -2.51. The van der Waals surface area contributed by atoms with Crippen LogP contribution in [0.2, 0.25) is 10.0 Å². The molecule has 4 aromatic rings. The first-order valence-electron chi connectivity index (χ1n) is 13.1. The Labute approximate surface area is 247 Å². The van der Waals surface area contributed by atoms with E-state index in [-0.39, 0.29) is 6.42 Å². The molecule has 8 nitrogen and oxygen atoms in total. The average molecular weight is 599 g/mol. The van der Waals surface area contributed by atoms with Crippen LogP contribution in [0.5, 0.6) is 0 Å². The molecular formula is C30H30Cl2FN5O3. The third-order valence-corrected chi connectivity index (χ3v) is 7.88. The Hall–Kier alpha value is -3.34. The van der Waals surface area contributed by atoms with Crippen molar-refractivity contribution in [3.63, 3.8) is 0 Å². The Balaban J connectivity index is 1.77. The Morgan fingerprint density at radius 1 is 1.05 bits per heavy atom. The number of rotatable bonds is 11. The van der Waals surface area contributed by atoms with Crippen LogP contribution in [0.1, 0.15) is 33.2 Å². The van der Waals surface area contributed by atoms with Gasteiger partial charge < -0.3 is 10.0 Å². The molecule has 0 saturated carbocycles. The fraction of sp³-hybridized carbons (Fsp3) is 0.300. The molecule has 2 aromatic heterocycles. The zero-order chi connectivity index (χ0) is 29.1. The molecule has 0 aliphatic carbocycles. The third kappa shape index (κ3) is 5.60. The summed E-state index contributed by atoms with van der Waals surface area (Å²) in [6.45, 7) is -0.287. The predicted octanol–water partition coefficient (Wildman–Crippen LogP) is 5.34. The van der Waals surface area contributed by atoms with Crippen molar-refractivity contribution in [3.05, 3.63) is 106 Å². The van der Waals surface area contributed by atoms with Gasteiger partial charge in [0.05, 0.1) is 29.8 Å². The van der Waals surface area contributed by atoms with Crippen molar-refractivity contribution in [1.29, 1.82) is 0 Å². The minimum absolute atomic E-state index is 0.0866. The lowest BCUT2D eigenvalue weighted by molar-refractivity contribution is -0.215. The zero-order valence-corrected chi connectivity index (χ0v) is 24.2. The van der Waals surface area contributed by atoms with Gasteiger partial charge in [0.25, 0.3) is 5.91 Å². The molecule has 0 spiro atoms. The second-order valence-electron chi connectivity index (χ2n) is 10.2. The van der Waals surface area contributed by atoms with Gasteiger partial charge in [0.1, 0.15) is 5.54 Å². The van der Waals surface area contributed by atoms with Gasteiger partial charge in [0, 0.05) is 47.2 Å². The van der Waals surface area contributed by atoms with E-state index in [4.69, 9.17) is 33.1 Å². The second kappa shape index (κ2) is 12.3. The maximum absolute atomic E-state index is 14.0. The summed E-state index contributed by atoms with van der Waals surface area (Å²) in [4.78, 5) is 26.0. The molecule has 214 valence electrons. The SMILES string of the molecule is CN(C)CCn1ccc(C(CO)[C@]2(Cc3ccc(Cl)cn3)c3c(cccc3-c3ccc(Cl)cc3)C(=O)N2OCF)n1. The number of carbonyl (C=O) groups is 1. The first-order chi connectivity index (χ1) is 19.8. The number of pyridine rings is 1. The number of likely N-dealkylation sites (N-methyl/N-ethyl adjacent to an activating group) is 1. The van der Waals surface area contributed by atoms with E-state index in [1.165, 1.54) is 6.20 Å². The molecular weight excluding hydrogens is 568 g/mol. The maximum Gasteiger partial charge on any atom is 0.278 e. The van der Waals surface area contributed by atoms with Crippen LogP contribution in [-0.4, -0.2) is 69.8 Å². The number of halogens is 3. The van der Waals surface area contributed by atoms with Gasteiger partial charge in [-0.15, -0.1) is 0 Å². The van der Waals surface area contributed by atoms with Crippen LogP contribution in [-0.2, 0) is 23.3 Å². The smallest absolute Gasteiger partial charge is 0.278 e. The summed E-state index contributed by atoms with van der Waals surface area (Å²) in [5.41, 5.74) is 2.10. The lowest BCUT2D eigenvalue weighted by atomic mass is 9.71. The van der Waals surface area contributed by atoms with Crippen molar-refractivity contribution in [2.75, 3.05) is 34.1 Å². The van der Waals surface area contributed by atoms with Crippen LogP contribution in [0.3, 0.4) is 0 Å². The summed E-state index contributed by atoms with van der Waals surface area (Å²) in [5, 5.41) is 17.9. The number of benzene rings is 2. The first kappa shape index (κ1) is 29.2. The number of hydrogen-bond donors (Lipinski definition) is 1. The van der Waals surface area contributed by atoms with E-state index in [0.29, 0.717) is 39.1 Å². The molecule has 1 N–H and O–H groups in total. The normalized spacial score (nSPS) is 17.3. The Morgan fingerprint density at radius 3 is 2.44 bits per heavy atom. The Kier molecular flexibility index (Phi) is 8.72. The number of carbonyl (C=O) groups excluding carboxylic acids is 1. The van der Waals surface area contributed by atoms with E-state index in [1.807, 2.05) is 49.5 Å². The van der Waals surface area contributed by atoms with Gasteiger partial charge in [-0.05, 0) is 61.6 Å². The van der Waals surface area contributed by atoms with Crippen LogP contribution >= 0.6 is 23.2 Å². The van der Waals surface area contributed by atoms with Gasteiger partial charge in [0.15, 0.2) is 0 Å². The molecule has 3 heterocycles. The predicted molar refractivity (Wildman–Crippen MR) is 155 cm³/mol. The highest BCUT2D eigenvalue weighted by molar-refractivity contribution is 6.30. The minimum Gasteiger partial charge on any atom is -0.396 e. The number of fused-ring (bicyclic) bond motifs is 1. The number of hydroxylamine groups is 2. The largest absolute Gasteiger partial charge is 0.396 e. The molecule has 1 unspecified atom stereocenters. The maximum atomic E-state index is 14.0. The summed E-state index contributed by atoms with van der Waals surface area (Å²) in [5.74, 6) is -1.33. The zero-order valence-electron chi connectivity index (χ0n) is 22.7. The molecule has 0 saturated heterocycles. The van der Waals surface area contributed by atoms with Crippen LogP contribution in [0.4, 0.5) is 4.39 Å². The van der Waals surface area contributed by atoms with Gasteiger partial charge in [-0.2, -0.15) is 5.10 Å². The van der Waals surface area contributed by atoms with E-state index in [0.717, 1.165) is 22.7 Å². The molecule has 0 radical (unpaired) electrons. The van der Waals surface area contributed by atoms with Gasteiger partial charge in [0.2, 0.25) is 6.86 Å². The molecule has 0 bridgehead atoms. The second-order valence-corrected chi connectivity index (χ2v) is 11.1. The molecule has 11 heteroatoms. The molecule has 0 fully saturated rings. The number of aromatic nitrogens is 3. The summed E-state index contributed by atoms with van der Waals surface area (Å²) < 4.78 is 15.8. The van der Waals surface area contributed by atoms with E-state index < -0.39 is 30.8 Å². The van der Waals surface area contributed by atoms with Crippen molar-refractivity contribution in [3.8, 4) is 11.1 Å². The fourth-order valence-electron chi connectivity index (χ4n) is 5.55. The number of alkyl halides is 1. The lowest BCUT2D eigenvalue weighted by Gasteiger charge is -2.43. The van der Waals surface area contributed by atoms with E-state index in [9.17, 15) is 14.3 Å². The number of aliphatic hydroxyl groups excluding tert-OH is 1. The van der Waals surface area contributed by atoms with Gasteiger partial charge >= 0.3 is 0 Å². The molecule has 5 rings (SSSR count). The quantitative estimate of drug-likeness (QED) is 0.251. The third-order valence-electron chi connectivity index (χ3n) is 7.40. The molecule has 2 atom stereocenters. The number of aliphatic hydroxyl groups is 1. The first-order valence-corrected chi connectivity index (χ1v) is 13.9. The number of amides is 1. The Bertz CT molecular complexity index is 1510. The molecule has 1 aliphatic heterocycles. The van der Waals surface area contributed by atoms with Gasteiger partial charge in [-0.1, -0.05) is 47.5 Å². The molecule has 41 heavy (non-hydrogen) atoms. The highest BCUT2D eigenvalue weighted by Crippen LogP contribution is 2.53. The Morgan fingerprint density at radius 2 is 1.78 bits per heavy atom. The number of nitrogens with zero attached hydrogens (tertiary/aromatic N) is 5. The molecule has 1 aliphatic rings. The van der Waals surface area contributed by atoms with Crippen molar-refractivity contribution < 1.29 is 19.1 Å². The molecule has 2 aromatic carbocycles. The number of hydrogen-bond acceptors (Lipinski definition) is 6. The highest BCUT2D eigenvalue weighted by atomic mass is 35.5. The fourth-order valence-corrected chi connectivity index (χ4v) is 5.79. The van der Waals surface area contributed by atoms with E-state index in [1.54, 1.807) is 41.1 Å². The van der Waals surface area contributed by atoms with Crippen LogP contribution < -0.4 is 0 Å². The monoisotopic (exact) mass is 597 g/mol. The standard InChI is InChI=1S/C30H30Cl2FN5O3/c1-36(2)14-15-37-13-12-27(35-37)26(18-39)30(16-23-11-10-22(32)17-34-23)28-24(20-6-8-21(31)9-7-20)4-3-5-25(28)29(40)38(30)41-19-33/h3-13,17,26,39H,14-16,18-19H2,1-2H3/t26?,30-/m1/s1. The van der Waals surface area contributed by atoms with Crippen LogP contribution in [0.15, 0.2) is 73.1 Å². The van der Waals surface area contributed by atoms with Crippen molar-refractivity contribution in [1.82, 2.24) is 24.7 Å². The van der Waals surface area contributed by atoms with Gasteiger partial charge in [-0.3, -0.25) is 14.5 Å². The van der Waals surface area contributed by atoms with Crippen molar-refractivity contribution in [2.24, 2.45) is 0 Å². The van der Waals surface area contributed by atoms with Crippen LogP contribution in [0, 0.1) is 0 Å².